The second-order valence-electron chi connectivity index (χ2n) is 10.3. The van der Waals surface area contributed by atoms with E-state index >= 15 is 0 Å². The summed E-state index contributed by atoms with van der Waals surface area (Å²) in [5.41, 5.74) is 9.21. The Morgan fingerprint density at radius 2 is 1.40 bits per heavy atom. The van der Waals surface area contributed by atoms with Gasteiger partial charge in [0.1, 0.15) is 0 Å². The molecule has 0 fully saturated rings. The van der Waals surface area contributed by atoms with Crippen molar-refractivity contribution in [2.45, 2.75) is 0 Å². The Kier molecular flexibility index (Phi) is 7.42. The molecule has 208 valence electrons. The molecule has 2 aromatic heterocycles. The normalized spacial score (nSPS) is 11.2. The molecule has 0 spiro atoms. The molecule has 2 heterocycles. The molecule has 0 saturated heterocycles. The quantitative estimate of drug-likeness (QED) is 0.166. The summed E-state index contributed by atoms with van der Waals surface area (Å²) in [5, 5.41) is 2.41. The average molecular weight is 557 g/mol. The first-order valence-electron chi connectivity index (χ1n) is 14.1. The van der Waals surface area contributed by atoms with E-state index in [1.165, 1.54) is 10.8 Å². The van der Waals surface area contributed by atoms with Crippen LogP contribution in [0.25, 0.3) is 55.7 Å². The Morgan fingerprint density at radius 1 is 0.744 bits per heavy atom. The number of para-hydroxylation sites is 2. The predicted octanol–water partition coefficient (Wildman–Crippen LogP) is 9.80. The SMILES string of the molecule is C=C/C=C\C(=C)N(C)c1cc(-c2cc(C(=C)C=C)nc(-c3ccccc3)n2)cc(-n2c3ccccc3c3ccccc32)c1. The summed E-state index contributed by atoms with van der Waals surface area (Å²) < 4.78 is 2.32. The highest BCUT2D eigenvalue weighted by molar-refractivity contribution is 6.09. The fraction of sp³-hybridized carbons (Fsp3) is 0.0256. The first-order chi connectivity index (χ1) is 21.0. The van der Waals surface area contributed by atoms with E-state index in [1.54, 1.807) is 12.2 Å². The minimum Gasteiger partial charge on any atom is -0.345 e. The van der Waals surface area contributed by atoms with Crippen LogP contribution in [-0.2, 0) is 0 Å². The third-order valence-electron chi connectivity index (χ3n) is 7.61. The monoisotopic (exact) mass is 556 g/mol. The minimum absolute atomic E-state index is 0.631. The summed E-state index contributed by atoms with van der Waals surface area (Å²) in [6.45, 7) is 16.2. The second kappa shape index (κ2) is 11.6. The summed E-state index contributed by atoms with van der Waals surface area (Å²) in [4.78, 5) is 12.0. The van der Waals surface area contributed by atoms with Gasteiger partial charge in [0, 0.05) is 46.0 Å². The molecule has 0 atom stereocenters. The van der Waals surface area contributed by atoms with E-state index in [0.717, 1.165) is 56.2 Å². The Hall–Kier alpha value is -5.74. The van der Waals surface area contributed by atoms with Gasteiger partial charge in [-0.3, -0.25) is 0 Å². The number of fused-ring (bicyclic) bond motifs is 3. The highest BCUT2D eigenvalue weighted by atomic mass is 15.1. The lowest BCUT2D eigenvalue weighted by Gasteiger charge is -2.22. The van der Waals surface area contributed by atoms with Crippen molar-refractivity contribution in [1.29, 1.82) is 0 Å². The van der Waals surface area contributed by atoms with Gasteiger partial charge in [0.25, 0.3) is 0 Å². The van der Waals surface area contributed by atoms with Crippen LogP contribution in [0.5, 0.6) is 0 Å². The summed E-state index contributed by atoms with van der Waals surface area (Å²) in [6, 6.07) is 35.5. The van der Waals surface area contributed by atoms with E-state index < -0.39 is 0 Å². The number of rotatable bonds is 9. The van der Waals surface area contributed by atoms with Gasteiger partial charge in [-0.2, -0.15) is 0 Å². The second-order valence-corrected chi connectivity index (χ2v) is 10.3. The van der Waals surface area contributed by atoms with Crippen LogP contribution in [0.4, 0.5) is 5.69 Å². The minimum atomic E-state index is 0.631. The zero-order valence-electron chi connectivity index (χ0n) is 24.2. The Labute approximate surface area is 252 Å². The molecule has 0 aliphatic carbocycles. The van der Waals surface area contributed by atoms with E-state index in [4.69, 9.17) is 9.97 Å². The molecule has 0 radical (unpaired) electrons. The van der Waals surface area contributed by atoms with Crippen molar-refractivity contribution in [3.63, 3.8) is 0 Å². The maximum absolute atomic E-state index is 5.07. The van der Waals surface area contributed by atoms with Crippen LogP contribution in [-0.4, -0.2) is 21.6 Å². The molecule has 0 bridgehead atoms. The van der Waals surface area contributed by atoms with Crippen molar-refractivity contribution < 1.29 is 0 Å². The number of hydrogen-bond donors (Lipinski definition) is 0. The lowest BCUT2D eigenvalue weighted by molar-refractivity contribution is 1.12. The number of benzene rings is 4. The molecule has 0 unspecified atom stereocenters. The third-order valence-corrected chi connectivity index (χ3v) is 7.61. The standard InChI is InChI=1S/C39H32N4/c1-6-8-16-28(4)42(5)31-23-30(36-26-35(27(3)7-2)40-39(41-36)29-17-10-9-11-18-29)24-32(25-31)43-37-21-14-12-19-33(37)34-20-13-15-22-38(34)43/h6-26H,1-4H2,5H3/b16-8-. The smallest absolute Gasteiger partial charge is 0.160 e. The van der Waals surface area contributed by atoms with Crippen LogP contribution in [0, 0.1) is 0 Å². The molecule has 6 aromatic rings. The van der Waals surface area contributed by atoms with Crippen molar-refractivity contribution in [1.82, 2.24) is 14.5 Å². The number of likely N-dealkylation sites (N-methyl/N-ethyl adjacent to an activating group) is 1. The van der Waals surface area contributed by atoms with Crippen LogP contribution < -0.4 is 4.90 Å². The van der Waals surface area contributed by atoms with Crippen molar-refractivity contribution in [2.24, 2.45) is 0 Å². The third kappa shape index (κ3) is 5.22. The summed E-state index contributed by atoms with van der Waals surface area (Å²) in [7, 11) is 2.02. The maximum atomic E-state index is 5.07. The lowest BCUT2D eigenvalue weighted by atomic mass is 10.0. The van der Waals surface area contributed by atoms with Gasteiger partial charge in [0.05, 0.1) is 22.4 Å². The van der Waals surface area contributed by atoms with E-state index in [-0.39, 0.29) is 0 Å². The molecule has 43 heavy (non-hydrogen) atoms. The van der Waals surface area contributed by atoms with E-state index in [9.17, 15) is 0 Å². The van der Waals surface area contributed by atoms with Gasteiger partial charge in [-0.1, -0.05) is 111 Å². The molecule has 0 amide bonds. The van der Waals surface area contributed by atoms with E-state index in [0.29, 0.717) is 5.82 Å². The van der Waals surface area contributed by atoms with Crippen LogP contribution in [0.3, 0.4) is 0 Å². The average Bonchev–Trinajstić information content (AvgIpc) is 3.41. The highest BCUT2D eigenvalue weighted by Gasteiger charge is 2.17. The van der Waals surface area contributed by atoms with Gasteiger partial charge in [-0.05, 0) is 48.0 Å². The first kappa shape index (κ1) is 27.4. The molecule has 0 saturated carbocycles. The molecular formula is C39H32N4. The van der Waals surface area contributed by atoms with E-state index in [2.05, 4.69) is 103 Å². The fourth-order valence-corrected chi connectivity index (χ4v) is 5.30. The number of anilines is 1. The summed E-state index contributed by atoms with van der Waals surface area (Å²) in [6.07, 6.45) is 7.31. The molecular weight excluding hydrogens is 524 g/mol. The Balaban J connectivity index is 1.64. The van der Waals surface area contributed by atoms with Gasteiger partial charge in [-0.15, -0.1) is 0 Å². The summed E-state index contributed by atoms with van der Waals surface area (Å²) >= 11 is 0. The highest BCUT2D eigenvalue weighted by Crippen LogP contribution is 2.36. The first-order valence-corrected chi connectivity index (χ1v) is 14.1. The predicted molar refractivity (Wildman–Crippen MR) is 183 cm³/mol. The van der Waals surface area contributed by atoms with Crippen LogP contribution in [0.15, 0.2) is 159 Å². The van der Waals surface area contributed by atoms with Gasteiger partial charge in [0.15, 0.2) is 5.82 Å². The zero-order chi connectivity index (χ0) is 29.9. The maximum Gasteiger partial charge on any atom is 0.160 e. The van der Waals surface area contributed by atoms with Gasteiger partial charge in [-0.25, -0.2) is 9.97 Å². The molecule has 0 aliphatic rings. The van der Waals surface area contributed by atoms with Gasteiger partial charge < -0.3 is 9.47 Å². The van der Waals surface area contributed by atoms with Crippen LogP contribution in [0.1, 0.15) is 5.69 Å². The number of nitrogens with zero attached hydrogens (tertiary/aromatic N) is 4. The molecule has 4 nitrogen and oxygen atoms in total. The molecule has 0 aliphatic heterocycles. The lowest BCUT2D eigenvalue weighted by Crippen LogP contribution is -2.14. The largest absolute Gasteiger partial charge is 0.345 e. The zero-order valence-corrected chi connectivity index (χ0v) is 24.2. The van der Waals surface area contributed by atoms with Crippen molar-refractivity contribution >= 4 is 33.1 Å². The van der Waals surface area contributed by atoms with Gasteiger partial charge in [0.2, 0.25) is 0 Å². The summed E-state index contributed by atoms with van der Waals surface area (Å²) in [5.74, 6) is 0.631. The molecule has 6 rings (SSSR count). The number of aromatic nitrogens is 3. The fourth-order valence-electron chi connectivity index (χ4n) is 5.30. The van der Waals surface area contributed by atoms with Crippen molar-refractivity contribution in [3.8, 4) is 28.3 Å². The number of hydrogen-bond acceptors (Lipinski definition) is 3. The van der Waals surface area contributed by atoms with Crippen LogP contribution in [0.2, 0.25) is 0 Å². The Bertz CT molecular complexity index is 2010. The topological polar surface area (TPSA) is 34.0 Å². The molecule has 4 aromatic carbocycles. The molecule has 0 N–H and O–H groups in total. The number of allylic oxidation sites excluding steroid dienone is 5. The molecule has 4 heteroatoms. The Morgan fingerprint density at radius 3 is 2.05 bits per heavy atom. The van der Waals surface area contributed by atoms with Crippen molar-refractivity contribution in [3.05, 3.63) is 165 Å². The van der Waals surface area contributed by atoms with Gasteiger partial charge >= 0.3 is 0 Å². The van der Waals surface area contributed by atoms with E-state index in [1.807, 2.05) is 55.6 Å². The van der Waals surface area contributed by atoms with Crippen molar-refractivity contribution in [2.75, 3.05) is 11.9 Å². The van der Waals surface area contributed by atoms with Crippen LogP contribution >= 0.6 is 0 Å².